The fourth-order valence-electron chi connectivity index (χ4n) is 6.73. The summed E-state index contributed by atoms with van der Waals surface area (Å²) >= 11 is 2.38. The van der Waals surface area contributed by atoms with E-state index in [-0.39, 0.29) is 11.6 Å². The number of nitrogens with zero attached hydrogens (tertiary/aromatic N) is 2. The first-order valence-corrected chi connectivity index (χ1v) is 19.1. The molecule has 1 aliphatic heterocycles. The van der Waals surface area contributed by atoms with Crippen LogP contribution in [0, 0.1) is 0 Å². The van der Waals surface area contributed by atoms with E-state index < -0.39 is 32.5 Å². The standard InChI is InChI=1S/C42H46N2O6S2/c1-37(2)25-21-23(51-43-25)35(45)41(9,10)33-19-17-31(49-33)40(7,8)32-18-20-34(50-32)42(11,12)36(46)24-22-26(44-52-24)38(3,4)28-14-16-30(48-28)39(5,6)29-15-13-27(37)47-29/h13-22H,1-12H3. The number of aromatic nitrogens is 2. The van der Waals surface area contributed by atoms with Gasteiger partial charge in [-0.15, -0.1) is 0 Å². The summed E-state index contributed by atoms with van der Waals surface area (Å²) in [5, 5.41) is 0. The van der Waals surface area contributed by atoms with E-state index in [1.165, 1.54) is 23.1 Å². The molecule has 0 aliphatic carbocycles. The third-order valence-corrected chi connectivity index (χ3v) is 12.8. The van der Waals surface area contributed by atoms with Gasteiger partial charge in [0.1, 0.15) is 46.1 Å². The van der Waals surface area contributed by atoms with Crippen molar-refractivity contribution in [2.45, 2.75) is 116 Å². The van der Waals surface area contributed by atoms with Crippen molar-refractivity contribution in [1.29, 1.82) is 0 Å². The molecule has 0 saturated carbocycles. The summed E-state index contributed by atoms with van der Waals surface area (Å²) in [5.41, 5.74) is -2.98. The first-order chi connectivity index (χ1) is 24.1. The summed E-state index contributed by atoms with van der Waals surface area (Å²) in [4.78, 5) is 29.3. The topological polar surface area (TPSA) is 112 Å². The fourth-order valence-corrected chi connectivity index (χ4v) is 8.69. The highest BCUT2D eigenvalue weighted by Crippen LogP contribution is 2.44. The highest BCUT2D eigenvalue weighted by atomic mass is 32.1. The second-order valence-corrected chi connectivity index (χ2v) is 18.8. The second kappa shape index (κ2) is 11.6. The molecule has 6 aromatic rings. The molecule has 6 aromatic heterocycles. The number of Topliss-reactive ketones (excluding diaryl/α,β-unsaturated/α-hetero) is 2. The van der Waals surface area contributed by atoms with Crippen LogP contribution >= 0.6 is 23.1 Å². The zero-order chi connectivity index (χ0) is 37.8. The Morgan fingerprint density at radius 1 is 0.385 bits per heavy atom. The van der Waals surface area contributed by atoms with Crippen molar-refractivity contribution in [2.75, 3.05) is 0 Å². The molecule has 7 heterocycles. The maximum atomic E-state index is 14.1. The van der Waals surface area contributed by atoms with Gasteiger partial charge in [-0.3, -0.25) is 9.59 Å². The lowest BCUT2D eigenvalue weighted by molar-refractivity contribution is 0.0889. The second-order valence-electron chi connectivity index (χ2n) is 17.2. The monoisotopic (exact) mass is 738 g/mol. The Morgan fingerprint density at radius 3 is 0.885 bits per heavy atom. The molecule has 8 nitrogen and oxygen atoms in total. The molecule has 1 aliphatic rings. The Balaban J connectivity index is 1.35. The predicted octanol–water partition coefficient (Wildman–Crippen LogP) is 10.9. The van der Waals surface area contributed by atoms with Crippen LogP contribution in [0.3, 0.4) is 0 Å². The van der Waals surface area contributed by atoms with Crippen molar-refractivity contribution in [2.24, 2.45) is 0 Å². The number of fused-ring (bicyclic) bond motifs is 12. The molecule has 0 fully saturated rings. The number of hydrogen-bond donors (Lipinski definition) is 0. The third kappa shape index (κ3) is 5.43. The Labute approximate surface area is 313 Å². The molecule has 0 N–H and O–H groups in total. The Hall–Kier alpha value is -4.28. The van der Waals surface area contributed by atoms with E-state index in [2.05, 4.69) is 13.8 Å². The normalized spacial score (nSPS) is 20.2. The van der Waals surface area contributed by atoms with Gasteiger partial charge in [0.2, 0.25) is 0 Å². The Bertz CT molecular complexity index is 2170. The summed E-state index contributed by atoms with van der Waals surface area (Å²) in [5.74, 6) is 5.15. The summed E-state index contributed by atoms with van der Waals surface area (Å²) in [6.07, 6.45) is 0. The van der Waals surface area contributed by atoms with Crippen molar-refractivity contribution in [3.63, 3.8) is 0 Å². The number of carbonyl (C=O) groups excluding carboxylic acids is 2. The molecule has 0 radical (unpaired) electrons. The van der Waals surface area contributed by atoms with Gasteiger partial charge in [-0.2, -0.15) is 8.75 Å². The van der Waals surface area contributed by atoms with Gasteiger partial charge in [-0.25, -0.2) is 0 Å². The third-order valence-electron chi connectivity index (χ3n) is 11.2. The molecule has 7 rings (SSSR count). The molecule has 0 atom stereocenters. The average Bonchev–Trinajstić information content (AvgIpc) is 3.94. The molecular weight excluding hydrogens is 693 g/mol. The van der Waals surface area contributed by atoms with E-state index >= 15 is 0 Å². The lowest BCUT2D eigenvalue weighted by Gasteiger charge is -2.24. The molecule has 0 amide bonds. The maximum Gasteiger partial charge on any atom is 0.187 e. The number of rotatable bonds is 0. The van der Waals surface area contributed by atoms with E-state index in [1.54, 1.807) is 0 Å². The van der Waals surface area contributed by atoms with Gasteiger partial charge >= 0.3 is 0 Å². The van der Waals surface area contributed by atoms with E-state index in [4.69, 9.17) is 26.4 Å². The predicted molar refractivity (Wildman–Crippen MR) is 202 cm³/mol. The fraction of sp³-hybridized carbons (Fsp3) is 0.429. The minimum atomic E-state index is -0.970. The number of ketones is 2. The molecule has 0 aromatic carbocycles. The van der Waals surface area contributed by atoms with Crippen LogP contribution < -0.4 is 0 Å². The van der Waals surface area contributed by atoms with Gasteiger partial charge in [0.15, 0.2) is 11.6 Å². The minimum absolute atomic E-state index is 0.0863. The molecule has 0 unspecified atom stereocenters. The highest BCUT2D eigenvalue weighted by molar-refractivity contribution is 7.08. The number of furan rings is 4. The molecule has 0 spiro atoms. The van der Waals surface area contributed by atoms with Gasteiger partial charge in [0.25, 0.3) is 0 Å². The van der Waals surface area contributed by atoms with Crippen LogP contribution in [0.1, 0.15) is 160 Å². The van der Waals surface area contributed by atoms with Gasteiger partial charge in [-0.05, 0) is 167 Å². The van der Waals surface area contributed by atoms with Crippen molar-refractivity contribution in [3.8, 4) is 0 Å². The van der Waals surface area contributed by atoms with Crippen molar-refractivity contribution < 1.29 is 27.3 Å². The Morgan fingerprint density at radius 2 is 0.615 bits per heavy atom. The Kier molecular flexibility index (Phi) is 8.06. The van der Waals surface area contributed by atoms with Crippen LogP contribution in [0.2, 0.25) is 0 Å². The summed E-state index contributed by atoms with van der Waals surface area (Å²) in [6.45, 7) is 23.8. The SMILES string of the molecule is CC1(C)C(=O)c2cc(ns2)C(C)(C)c2ccc(o2)C(C)(C)c2ccc(o2)C(C)(C)c2cc(sn2)C(=O)C(C)(C)c2ccc(o2)C(C)(C)c2ccc1o2. The van der Waals surface area contributed by atoms with Gasteiger partial charge in [0.05, 0.1) is 53.6 Å². The number of carbonyl (C=O) groups is 2. The van der Waals surface area contributed by atoms with Crippen LogP contribution in [0.15, 0.2) is 78.3 Å². The summed E-state index contributed by atoms with van der Waals surface area (Å²) in [6, 6.07) is 19.2. The smallest absolute Gasteiger partial charge is 0.187 e. The minimum Gasteiger partial charge on any atom is -0.464 e. The number of hydrogen-bond acceptors (Lipinski definition) is 10. The van der Waals surface area contributed by atoms with E-state index in [1.807, 2.05) is 130 Å². The first-order valence-electron chi connectivity index (χ1n) is 17.6. The van der Waals surface area contributed by atoms with Crippen LogP contribution in [-0.4, -0.2) is 20.3 Å². The largest absolute Gasteiger partial charge is 0.464 e. The van der Waals surface area contributed by atoms with Gasteiger partial charge < -0.3 is 17.7 Å². The van der Waals surface area contributed by atoms with Crippen molar-refractivity contribution in [1.82, 2.24) is 8.75 Å². The molecule has 272 valence electrons. The molecule has 12 bridgehead atoms. The van der Waals surface area contributed by atoms with Crippen LogP contribution in [0.5, 0.6) is 0 Å². The summed E-state index contributed by atoms with van der Waals surface area (Å²) in [7, 11) is 0. The molecule has 52 heavy (non-hydrogen) atoms. The highest BCUT2D eigenvalue weighted by Gasteiger charge is 2.42. The molecular formula is C42H46N2O6S2. The van der Waals surface area contributed by atoms with Crippen molar-refractivity contribution in [3.05, 3.63) is 128 Å². The van der Waals surface area contributed by atoms with Crippen LogP contribution in [-0.2, 0) is 32.5 Å². The zero-order valence-corrected chi connectivity index (χ0v) is 33.6. The van der Waals surface area contributed by atoms with Crippen LogP contribution in [0.25, 0.3) is 0 Å². The van der Waals surface area contributed by atoms with E-state index in [0.29, 0.717) is 32.8 Å². The lowest BCUT2D eigenvalue weighted by atomic mass is 9.83. The lowest BCUT2D eigenvalue weighted by Crippen LogP contribution is -2.28. The first kappa shape index (κ1) is 36.1. The quantitative estimate of drug-likeness (QED) is 0.151. The zero-order valence-electron chi connectivity index (χ0n) is 31.9. The van der Waals surface area contributed by atoms with E-state index in [0.717, 1.165) is 34.4 Å². The summed E-state index contributed by atoms with van der Waals surface area (Å²) < 4.78 is 35.6. The maximum absolute atomic E-state index is 14.1. The molecule has 10 heteroatoms. The van der Waals surface area contributed by atoms with E-state index in [9.17, 15) is 9.59 Å². The van der Waals surface area contributed by atoms with Gasteiger partial charge in [0, 0.05) is 0 Å². The van der Waals surface area contributed by atoms with Gasteiger partial charge in [-0.1, -0.05) is 0 Å². The van der Waals surface area contributed by atoms with Crippen molar-refractivity contribution >= 4 is 34.6 Å². The average molecular weight is 739 g/mol. The van der Waals surface area contributed by atoms with Crippen LogP contribution in [0.4, 0.5) is 0 Å². The molecule has 0 saturated heterocycles.